The second-order valence-electron chi connectivity index (χ2n) is 3.56. The maximum absolute atomic E-state index is 11.4. The highest BCUT2D eigenvalue weighted by molar-refractivity contribution is 7.09. The number of nitrogens with zero attached hydrogens (tertiary/aromatic N) is 2. The van der Waals surface area contributed by atoms with Gasteiger partial charge in [0.1, 0.15) is 0 Å². The second kappa shape index (κ2) is 6.92. The first-order chi connectivity index (χ1) is 8.54. The van der Waals surface area contributed by atoms with Crippen LogP contribution in [-0.2, 0) is 6.42 Å². The standard InChI is InChI=1S/C10H15N3O4S/c1-13(4-5-14)10(17)11-3-2-8-12-7(6-18-8)9(15)16/h6,14H,2-5H2,1H3,(H,11,17)(H,15,16). The molecule has 0 bridgehead atoms. The number of hydrogen-bond acceptors (Lipinski definition) is 5. The molecule has 18 heavy (non-hydrogen) atoms. The third-order valence-corrected chi connectivity index (χ3v) is 3.08. The lowest BCUT2D eigenvalue weighted by molar-refractivity contribution is 0.0691. The molecule has 0 saturated heterocycles. The summed E-state index contributed by atoms with van der Waals surface area (Å²) >= 11 is 1.25. The van der Waals surface area contributed by atoms with Gasteiger partial charge >= 0.3 is 12.0 Å². The Kier molecular flexibility index (Phi) is 5.53. The molecule has 1 aromatic heterocycles. The quantitative estimate of drug-likeness (QED) is 0.678. The number of urea groups is 1. The van der Waals surface area contributed by atoms with E-state index in [0.29, 0.717) is 18.0 Å². The lowest BCUT2D eigenvalue weighted by atomic mass is 10.4. The van der Waals surface area contributed by atoms with Gasteiger partial charge < -0.3 is 20.4 Å². The number of aromatic nitrogens is 1. The third kappa shape index (κ3) is 4.30. The van der Waals surface area contributed by atoms with Crippen LogP contribution in [-0.4, -0.2) is 58.8 Å². The smallest absolute Gasteiger partial charge is 0.355 e. The molecule has 0 fully saturated rings. The molecule has 1 rings (SSSR count). The summed E-state index contributed by atoms with van der Waals surface area (Å²) in [6.45, 7) is 0.561. The maximum atomic E-state index is 11.4. The molecule has 0 saturated carbocycles. The highest BCUT2D eigenvalue weighted by atomic mass is 32.1. The van der Waals surface area contributed by atoms with Crippen LogP contribution in [0, 0.1) is 0 Å². The number of carboxylic acid groups (broad SMARTS) is 1. The monoisotopic (exact) mass is 273 g/mol. The zero-order valence-corrected chi connectivity index (χ0v) is 10.7. The fraction of sp³-hybridized carbons (Fsp3) is 0.500. The van der Waals surface area contributed by atoms with Crippen molar-refractivity contribution in [3.05, 3.63) is 16.1 Å². The van der Waals surface area contributed by atoms with Gasteiger partial charge in [0.15, 0.2) is 5.69 Å². The fourth-order valence-corrected chi connectivity index (χ4v) is 1.96. The maximum Gasteiger partial charge on any atom is 0.355 e. The average molecular weight is 273 g/mol. The summed E-state index contributed by atoms with van der Waals surface area (Å²) in [7, 11) is 1.58. The Hall–Kier alpha value is -1.67. The van der Waals surface area contributed by atoms with Crippen molar-refractivity contribution in [3.8, 4) is 0 Å². The molecule has 1 aromatic rings. The molecular weight excluding hydrogens is 258 g/mol. The predicted octanol–water partition coefficient (Wildman–Crippen LogP) is 0.0175. The summed E-state index contributed by atoms with van der Waals surface area (Å²) in [6.07, 6.45) is 0.483. The van der Waals surface area contributed by atoms with Crippen LogP contribution in [0.5, 0.6) is 0 Å². The van der Waals surface area contributed by atoms with Crippen molar-refractivity contribution < 1.29 is 19.8 Å². The van der Waals surface area contributed by atoms with Crippen LogP contribution in [0.25, 0.3) is 0 Å². The van der Waals surface area contributed by atoms with Gasteiger partial charge in [-0.05, 0) is 0 Å². The van der Waals surface area contributed by atoms with Crippen molar-refractivity contribution in [1.82, 2.24) is 15.2 Å². The molecule has 1 heterocycles. The number of carboxylic acids is 1. The van der Waals surface area contributed by atoms with E-state index < -0.39 is 5.97 Å². The molecule has 100 valence electrons. The van der Waals surface area contributed by atoms with E-state index in [2.05, 4.69) is 10.3 Å². The number of aliphatic hydroxyl groups excluding tert-OH is 1. The van der Waals surface area contributed by atoms with Gasteiger partial charge in [-0.1, -0.05) is 0 Å². The van der Waals surface area contributed by atoms with Crippen LogP contribution in [0.15, 0.2) is 5.38 Å². The molecule has 8 heteroatoms. The minimum Gasteiger partial charge on any atom is -0.476 e. The molecule has 0 aliphatic carbocycles. The number of carbonyl (C=O) groups excluding carboxylic acids is 1. The number of aromatic carboxylic acids is 1. The van der Waals surface area contributed by atoms with Gasteiger partial charge in [0.2, 0.25) is 0 Å². The average Bonchev–Trinajstić information content (AvgIpc) is 2.78. The van der Waals surface area contributed by atoms with Crippen LogP contribution >= 0.6 is 11.3 Å². The number of likely N-dealkylation sites (N-methyl/N-ethyl adjacent to an activating group) is 1. The summed E-state index contributed by atoms with van der Waals surface area (Å²) < 4.78 is 0. The molecule has 0 aliphatic rings. The highest BCUT2D eigenvalue weighted by Gasteiger charge is 2.10. The first kappa shape index (κ1) is 14.4. The van der Waals surface area contributed by atoms with Crippen molar-refractivity contribution in [3.63, 3.8) is 0 Å². The third-order valence-electron chi connectivity index (χ3n) is 2.17. The molecule has 0 unspecified atom stereocenters. The molecular formula is C10H15N3O4S. The minimum absolute atomic E-state index is 0.0266. The Morgan fingerprint density at radius 1 is 1.56 bits per heavy atom. The Morgan fingerprint density at radius 2 is 2.28 bits per heavy atom. The molecule has 2 amide bonds. The van der Waals surface area contributed by atoms with Gasteiger partial charge in [0, 0.05) is 31.9 Å². The van der Waals surface area contributed by atoms with E-state index in [0.717, 1.165) is 0 Å². The van der Waals surface area contributed by atoms with E-state index in [1.165, 1.54) is 21.6 Å². The molecule has 0 radical (unpaired) electrons. The molecule has 7 nitrogen and oxygen atoms in total. The van der Waals surface area contributed by atoms with Gasteiger partial charge in [-0.2, -0.15) is 0 Å². The van der Waals surface area contributed by atoms with E-state index in [9.17, 15) is 9.59 Å². The normalized spacial score (nSPS) is 10.1. The van der Waals surface area contributed by atoms with Crippen molar-refractivity contribution in [1.29, 1.82) is 0 Å². The van der Waals surface area contributed by atoms with E-state index in [1.54, 1.807) is 7.05 Å². The Morgan fingerprint density at radius 3 is 2.83 bits per heavy atom. The minimum atomic E-state index is -1.05. The Balaban J connectivity index is 2.32. The summed E-state index contributed by atoms with van der Waals surface area (Å²) in [4.78, 5) is 27.3. The lowest BCUT2D eigenvalue weighted by Crippen LogP contribution is -2.39. The van der Waals surface area contributed by atoms with E-state index in [4.69, 9.17) is 10.2 Å². The van der Waals surface area contributed by atoms with Gasteiger partial charge in [-0.25, -0.2) is 14.6 Å². The number of aliphatic hydroxyl groups is 1. The van der Waals surface area contributed by atoms with Gasteiger partial charge in [0.25, 0.3) is 0 Å². The lowest BCUT2D eigenvalue weighted by Gasteiger charge is -2.16. The largest absolute Gasteiger partial charge is 0.476 e. The van der Waals surface area contributed by atoms with Crippen molar-refractivity contribution in [2.45, 2.75) is 6.42 Å². The molecule has 0 spiro atoms. The van der Waals surface area contributed by atoms with Crippen LogP contribution in [0.3, 0.4) is 0 Å². The Bertz CT molecular complexity index is 421. The van der Waals surface area contributed by atoms with Crippen molar-refractivity contribution in [2.75, 3.05) is 26.7 Å². The van der Waals surface area contributed by atoms with Crippen LogP contribution in [0.1, 0.15) is 15.5 Å². The zero-order chi connectivity index (χ0) is 13.5. The van der Waals surface area contributed by atoms with E-state index in [1.807, 2.05) is 0 Å². The van der Waals surface area contributed by atoms with Gasteiger partial charge in [0.05, 0.1) is 11.6 Å². The number of nitrogens with one attached hydrogen (secondary N) is 1. The number of rotatable bonds is 6. The number of amides is 2. The van der Waals surface area contributed by atoms with E-state index in [-0.39, 0.29) is 24.9 Å². The SMILES string of the molecule is CN(CCO)C(=O)NCCc1nc(C(=O)O)cs1. The van der Waals surface area contributed by atoms with Crippen LogP contribution in [0.4, 0.5) is 4.79 Å². The van der Waals surface area contributed by atoms with Crippen molar-refractivity contribution >= 4 is 23.3 Å². The first-order valence-electron chi connectivity index (χ1n) is 5.32. The zero-order valence-electron chi connectivity index (χ0n) is 9.92. The van der Waals surface area contributed by atoms with Gasteiger partial charge in [-0.15, -0.1) is 11.3 Å². The van der Waals surface area contributed by atoms with E-state index >= 15 is 0 Å². The highest BCUT2D eigenvalue weighted by Crippen LogP contribution is 2.09. The first-order valence-corrected chi connectivity index (χ1v) is 6.20. The molecule has 0 aliphatic heterocycles. The summed E-state index contributed by atoms with van der Waals surface area (Å²) in [5.74, 6) is -1.05. The molecule has 3 N–H and O–H groups in total. The number of thiazole rings is 1. The number of hydrogen-bond donors (Lipinski definition) is 3. The second-order valence-corrected chi connectivity index (χ2v) is 4.50. The summed E-state index contributed by atoms with van der Waals surface area (Å²) in [6, 6.07) is -0.279. The number of carbonyl (C=O) groups is 2. The summed E-state index contributed by atoms with van der Waals surface area (Å²) in [5.41, 5.74) is 0.0266. The van der Waals surface area contributed by atoms with Crippen LogP contribution in [0.2, 0.25) is 0 Å². The fourth-order valence-electron chi connectivity index (χ4n) is 1.19. The van der Waals surface area contributed by atoms with Crippen LogP contribution < -0.4 is 5.32 Å². The molecule has 0 atom stereocenters. The van der Waals surface area contributed by atoms with Gasteiger partial charge in [-0.3, -0.25) is 0 Å². The predicted molar refractivity (Wildman–Crippen MR) is 65.9 cm³/mol. The summed E-state index contributed by atoms with van der Waals surface area (Å²) in [5, 5.41) is 22.1. The Labute approximate surface area is 108 Å². The molecule has 0 aromatic carbocycles. The topological polar surface area (TPSA) is 103 Å². The van der Waals surface area contributed by atoms with Crippen molar-refractivity contribution in [2.24, 2.45) is 0 Å².